The number of carbonyl (C=O) groups is 1. The minimum atomic E-state index is -3.62. The van der Waals surface area contributed by atoms with Crippen molar-refractivity contribution in [2.75, 3.05) is 25.0 Å². The van der Waals surface area contributed by atoms with Crippen molar-refractivity contribution in [2.45, 2.75) is 45.4 Å². The van der Waals surface area contributed by atoms with Gasteiger partial charge in [0, 0.05) is 24.7 Å². The molecule has 1 aliphatic heterocycles. The predicted molar refractivity (Wildman–Crippen MR) is 123 cm³/mol. The summed E-state index contributed by atoms with van der Waals surface area (Å²) in [4.78, 5) is 13.1. The summed E-state index contributed by atoms with van der Waals surface area (Å²) >= 11 is 0. The maximum atomic E-state index is 13.4. The molecular weight excluding hydrogens is 426 g/mol. The third kappa shape index (κ3) is 4.95. The molecule has 0 aromatic heterocycles. The van der Waals surface area contributed by atoms with Gasteiger partial charge in [0.1, 0.15) is 11.8 Å². The van der Waals surface area contributed by atoms with Crippen LogP contribution in [0.4, 0.5) is 5.69 Å². The number of hydrogen-bond acceptors (Lipinski definition) is 5. The Bertz CT molecular complexity index is 1120. The van der Waals surface area contributed by atoms with Crippen LogP contribution in [-0.4, -0.2) is 38.3 Å². The lowest BCUT2D eigenvalue weighted by Gasteiger charge is -2.31. The number of sulfonamides is 1. The van der Waals surface area contributed by atoms with Crippen LogP contribution >= 0.6 is 0 Å². The fourth-order valence-corrected chi connectivity index (χ4v) is 6.10. The number of piperidine rings is 1. The molecule has 32 heavy (non-hydrogen) atoms. The van der Waals surface area contributed by atoms with Crippen LogP contribution in [0.3, 0.4) is 0 Å². The number of ether oxygens (including phenoxy) is 1. The molecule has 1 N–H and O–H groups in total. The molecule has 170 valence electrons. The van der Waals surface area contributed by atoms with Crippen LogP contribution in [0.15, 0.2) is 35.2 Å². The molecule has 1 heterocycles. The van der Waals surface area contributed by atoms with Crippen molar-refractivity contribution in [1.82, 2.24) is 4.31 Å². The maximum Gasteiger partial charge on any atom is 0.243 e. The van der Waals surface area contributed by atoms with Gasteiger partial charge in [-0.15, -0.1) is 0 Å². The highest BCUT2D eigenvalue weighted by atomic mass is 32.2. The van der Waals surface area contributed by atoms with E-state index in [4.69, 9.17) is 10.00 Å². The lowest BCUT2D eigenvalue weighted by atomic mass is 9.97. The summed E-state index contributed by atoms with van der Waals surface area (Å²) in [6.45, 7) is 8.16. The summed E-state index contributed by atoms with van der Waals surface area (Å²) < 4.78 is 33.5. The number of aryl methyl sites for hydroxylation is 2. The Morgan fingerprint density at radius 2 is 1.66 bits per heavy atom. The van der Waals surface area contributed by atoms with Crippen molar-refractivity contribution >= 4 is 21.6 Å². The zero-order chi connectivity index (χ0) is 23.5. The van der Waals surface area contributed by atoms with Gasteiger partial charge in [0.25, 0.3) is 0 Å². The maximum absolute atomic E-state index is 13.4. The molecule has 0 radical (unpaired) electrons. The first kappa shape index (κ1) is 23.8. The smallest absolute Gasteiger partial charge is 0.243 e. The number of nitrogens with one attached hydrogen (secondary N) is 1. The van der Waals surface area contributed by atoms with Crippen LogP contribution in [0.25, 0.3) is 0 Å². The van der Waals surface area contributed by atoms with Crippen LogP contribution in [0.5, 0.6) is 5.75 Å². The Kier molecular flexibility index (Phi) is 7.22. The van der Waals surface area contributed by atoms with Crippen molar-refractivity contribution in [3.8, 4) is 11.8 Å². The topological polar surface area (TPSA) is 99.5 Å². The van der Waals surface area contributed by atoms with Crippen molar-refractivity contribution in [2.24, 2.45) is 5.92 Å². The van der Waals surface area contributed by atoms with Gasteiger partial charge in [-0.2, -0.15) is 9.57 Å². The van der Waals surface area contributed by atoms with E-state index < -0.39 is 10.0 Å². The Morgan fingerprint density at radius 3 is 2.19 bits per heavy atom. The zero-order valence-corrected chi connectivity index (χ0v) is 19.8. The van der Waals surface area contributed by atoms with Crippen molar-refractivity contribution in [1.29, 1.82) is 5.26 Å². The number of rotatable bonds is 6. The molecular formula is C24H29N3O4S. The highest BCUT2D eigenvalue weighted by molar-refractivity contribution is 7.89. The second-order valence-electron chi connectivity index (χ2n) is 8.23. The third-order valence-electron chi connectivity index (χ3n) is 6.15. The van der Waals surface area contributed by atoms with Crippen LogP contribution in [0, 0.1) is 44.9 Å². The molecule has 2 aromatic carbocycles. The van der Waals surface area contributed by atoms with E-state index >= 15 is 0 Å². The molecule has 1 amide bonds. The predicted octanol–water partition coefficient (Wildman–Crippen LogP) is 3.86. The molecule has 1 saturated heterocycles. The first-order valence-electron chi connectivity index (χ1n) is 10.6. The molecule has 0 spiro atoms. The number of amides is 1. The Labute approximate surface area is 190 Å². The summed E-state index contributed by atoms with van der Waals surface area (Å²) in [5, 5.41) is 11.4. The number of carbonyl (C=O) groups excluding carboxylic acids is 1. The van der Waals surface area contributed by atoms with Gasteiger partial charge >= 0.3 is 0 Å². The minimum Gasteiger partial charge on any atom is -0.479 e. The molecule has 0 aliphatic carbocycles. The summed E-state index contributed by atoms with van der Waals surface area (Å²) in [7, 11) is -3.62. The molecule has 2 aromatic rings. The summed E-state index contributed by atoms with van der Waals surface area (Å²) in [5.41, 5.74) is 4.14. The van der Waals surface area contributed by atoms with Crippen LogP contribution in [-0.2, 0) is 14.8 Å². The van der Waals surface area contributed by atoms with E-state index in [9.17, 15) is 13.2 Å². The largest absolute Gasteiger partial charge is 0.479 e. The van der Waals surface area contributed by atoms with Gasteiger partial charge in [0.15, 0.2) is 6.61 Å². The number of nitriles is 1. The van der Waals surface area contributed by atoms with Crippen molar-refractivity contribution in [3.05, 3.63) is 52.6 Å². The number of hydrogen-bond donors (Lipinski definition) is 1. The average Bonchev–Trinajstić information content (AvgIpc) is 2.77. The highest BCUT2D eigenvalue weighted by Gasteiger charge is 2.34. The lowest BCUT2D eigenvalue weighted by molar-refractivity contribution is -0.120. The molecule has 0 unspecified atom stereocenters. The van der Waals surface area contributed by atoms with Gasteiger partial charge in [0.2, 0.25) is 15.9 Å². The second kappa shape index (κ2) is 9.72. The van der Waals surface area contributed by atoms with E-state index in [0.29, 0.717) is 42.3 Å². The van der Waals surface area contributed by atoms with E-state index in [1.54, 1.807) is 24.3 Å². The molecule has 1 aliphatic rings. The first-order valence-corrected chi connectivity index (χ1v) is 12.1. The van der Waals surface area contributed by atoms with Crippen molar-refractivity contribution < 1.29 is 17.9 Å². The molecule has 3 rings (SSSR count). The van der Waals surface area contributed by atoms with E-state index in [1.165, 1.54) is 4.31 Å². The molecule has 7 nitrogen and oxygen atoms in total. The lowest BCUT2D eigenvalue weighted by Crippen LogP contribution is -2.41. The van der Waals surface area contributed by atoms with Gasteiger partial charge in [-0.1, -0.05) is 6.07 Å². The Morgan fingerprint density at radius 1 is 1.09 bits per heavy atom. The van der Waals surface area contributed by atoms with Gasteiger partial charge in [0.05, 0.1) is 4.90 Å². The van der Waals surface area contributed by atoms with E-state index in [-0.39, 0.29) is 18.4 Å². The van der Waals surface area contributed by atoms with E-state index in [2.05, 4.69) is 5.32 Å². The van der Waals surface area contributed by atoms with Gasteiger partial charge in [-0.05, 0) is 87.1 Å². The molecule has 0 bridgehead atoms. The average molecular weight is 456 g/mol. The zero-order valence-electron chi connectivity index (χ0n) is 18.9. The standard InChI is InChI=1S/C24H29N3O4S/c1-16-15-17(2)19(4)23(18(16)3)32(29,30)27-12-9-20(10-13-27)24(28)26-21-5-7-22(8-6-21)31-14-11-25/h5-8,15,20H,9-10,12-14H2,1-4H3,(H,26,28). The number of anilines is 1. The van der Waals surface area contributed by atoms with Crippen LogP contribution in [0.2, 0.25) is 0 Å². The quantitative estimate of drug-likeness (QED) is 0.713. The fraction of sp³-hybridized carbons (Fsp3) is 0.417. The third-order valence-corrected chi connectivity index (χ3v) is 8.32. The molecule has 8 heteroatoms. The number of benzene rings is 2. The fourth-order valence-electron chi connectivity index (χ4n) is 4.05. The Balaban J connectivity index is 1.65. The van der Waals surface area contributed by atoms with E-state index in [0.717, 1.165) is 22.3 Å². The highest BCUT2D eigenvalue weighted by Crippen LogP contribution is 2.31. The SMILES string of the molecule is Cc1cc(C)c(C)c(S(=O)(=O)N2CCC(C(=O)Nc3ccc(OCC#N)cc3)CC2)c1C. The minimum absolute atomic E-state index is 0.0334. The summed E-state index contributed by atoms with van der Waals surface area (Å²) in [6, 6.07) is 10.7. The number of nitrogens with zero attached hydrogens (tertiary/aromatic N) is 2. The molecule has 0 atom stereocenters. The summed E-state index contributed by atoms with van der Waals surface area (Å²) in [5.74, 6) is 0.184. The van der Waals surface area contributed by atoms with Crippen molar-refractivity contribution in [3.63, 3.8) is 0 Å². The first-order chi connectivity index (χ1) is 15.1. The Hall–Kier alpha value is -2.89. The van der Waals surface area contributed by atoms with Gasteiger partial charge in [-0.25, -0.2) is 8.42 Å². The molecule has 1 fully saturated rings. The van der Waals surface area contributed by atoms with Crippen LogP contribution in [0.1, 0.15) is 35.1 Å². The van der Waals surface area contributed by atoms with E-state index in [1.807, 2.05) is 39.8 Å². The van der Waals surface area contributed by atoms with Gasteiger partial charge in [-0.3, -0.25) is 4.79 Å². The second-order valence-corrected chi connectivity index (χ2v) is 10.1. The summed E-state index contributed by atoms with van der Waals surface area (Å²) in [6.07, 6.45) is 0.939. The van der Waals surface area contributed by atoms with Gasteiger partial charge < -0.3 is 10.1 Å². The van der Waals surface area contributed by atoms with Crippen LogP contribution < -0.4 is 10.1 Å². The molecule has 0 saturated carbocycles. The normalized spacial score (nSPS) is 15.2. The monoisotopic (exact) mass is 455 g/mol.